The third-order valence-corrected chi connectivity index (χ3v) is 4.29. The molecule has 0 bridgehead atoms. The second-order valence-electron chi connectivity index (χ2n) is 5.98. The van der Waals surface area contributed by atoms with E-state index in [4.69, 9.17) is 4.74 Å². The first-order valence-electron chi connectivity index (χ1n) is 8.23. The highest BCUT2D eigenvalue weighted by atomic mass is 16.5. The van der Waals surface area contributed by atoms with Gasteiger partial charge in [-0.15, -0.1) is 0 Å². The van der Waals surface area contributed by atoms with Crippen LogP contribution in [0.5, 0.6) is 5.75 Å². The van der Waals surface area contributed by atoms with Crippen molar-refractivity contribution in [2.24, 2.45) is 11.8 Å². The van der Waals surface area contributed by atoms with Crippen LogP contribution in [0.2, 0.25) is 0 Å². The van der Waals surface area contributed by atoms with E-state index in [1.54, 1.807) is 0 Å². The van der Waals surface area contributed by atoms with E-state index < -0.39 is 0 Å². The van der Waals surface area contributed by atoms with Gasteiger partial charge in [0.05, 0.1) is 6.61 Å². The number of rotatable bonds is 7. The second kappa shape index (κ2) is 8.06. The molecule has 0 aromatic heterocycles. The number of benzene rings is 1. The molecule has 1 aromatic carbocycles. The van der Waals surface area contributed by atoms with Gasteiger partial charge >= 0.3 is 0 Å². The van der Waals surface area contributed by atoms with Gasteiger partial charge in [0.15, 0.2) is 0 Å². The minimum absolute atomic E-state index is 0.168. The summed E-state index contributed by atoms with van der Waals surface area (Å²) in [5.74, 6) is 1.76. The van der Waals surface area contributed by atoms with E-state index in [9.17, 15) is 4.79 Å². The first-order chi connectivity index (χ1) is 10.2. The van der Waals surface area contributed by atoms with Crippen LogP contribution >= 0.6 is 0 Å². The first-order valence-corrected chi connectivity index (χ1v) is 8.23. The molecule has 0 fully saturated rings. The minimum Gasteiger partial charge on any atom is -0.493 e. The first kappa shape index (κ1) is 15.9. The normalized spacial score (nSPS) is 18.5. The molecule has 1 N–H and O–H groups in total. The molecule has 2 rings (SSSR count). The monoisotopic (exact) mass is 289 g/mol. The van der Waals surface area contributed by atoms with Crippen molar-refractivity contribution >= 4 is 5.91 Å². The molecule has 21 heavy (non-hydrogen) atoms. The third-order valence-electron chi connectivity index (χ3n) is 4.29. The van der Waals surface area contributed by atoms with Gasteiger partial charge in [0, 0.05) is 18.4 Å². The van der Waals surface area contributed by atoms with Crippen LogP contribution in [0.4, 0.5) is 0 Å². The maximum atomic E-state index is 12.2. The molecular formula is C18H27NO2. The number of fused-ring (bicyclic) bond motifs is 1. The topological polar surface area (TPSA) is 38.3 Å². The highest BCUT2D eigenvalue weighted by Gasteiger charge is 2.21. The highest BCUT2D eigenvalue weighted by molar-refractivity contribution is 5.78. The number of hydrogen-bond donors (Lipinski definition) is 1. The van der Waals surface area contributed by atoms with Crippen molar-refractivity contribution in [1.29, 1.82) is 0 Å². The lowest BCUT2D eigenvalue weighted by Gasteiger charge is -2.26. The zero-order chi connectivity index (χ0) is 15.1. The minimum atomic E-state index is 0.168. The number of carbonyl (C=O) groups is 1. The van der Waals surface area contributed by atoms with Crippen LogP contribution in [-0.4, -0.2) is 19.1 Å². The van der Waals surface area contributed by atoms with Crippen molar-refractivity contribution in [2.45, 2.75) is 46.0 Å². The molecule has 3 nitrogen and oxygen atoms in total. The van der Waals surface area contributed by atoms with Gasteiger partial charge < -0.3 is 10.1 Å². The van der Waals surface area contributed by atoms with Crippen LogP contribution in [0.3, 0.4) is 0 Å². The van der Waals surface area contributed by atoms with E-state index in [0.29, 0.717) is 12.5 Å². The molecule has 0 saturated carbocycles. The number of ether oxygens (including phenoxy) is 1. The van der Waals surface area contributed by atoms with Crippen LogP contribution in [0, 0.1) is 11.8 Å². The van der Waals surface area contributed by atoms with Crippen LogP contribution in [0.25, 0.3) is 0 Å². The van der Waals surface area contributed by atoms with E-state index in [2.05, 4.69) is 25.2 Å². The van der Waals surface area contributed by atoms with Crippen LogP contribution < -0.4 is 10.1 Å². The van der Waals surface area contributed by atoms with E-state index in [0.717, 1.165) is 44.4 Å². The van der Waals surface area contributed by atoms with Gasteiger partial charge in [-0.1, -0.05) is 44.9 Å². The molecule has 2 unspecified atom stereocenters. The van der Waals surface area contributed by atoms with Gasteiger partial charge in [0.25, 0.3) is 0 Å². The molecule has 0 spiro atoms. The molecule has 0 saturated heterocycles. The summed E-state index contributed by atoms with van der Waals surface area (Å²) in [6.45, 7) is 5.68. The molecule has 1 aliphatic rings. The summed E-state index contributed by atoms with van der Waals surface area (Å²) in [4.78, 5) is 12.2. The van der Waals surface area contributed by atoms with Crippen LogP contribution in [-0.2, 0) is 11.2 Å². The van der Waals surface area contributed by atoms with Gasteiger partial charge in [-0.25, -0.2) is 0 Å². The largest absolute Gasteiger partial charge is 0.493 e. The Labute approximate surface area is 128 Å². The van der Waals surface area contributed by atoms with Crippen molar-refractivity contribution < 1.29 is 9.53 Å². The fourth-order valence-corrected chi connectivity index (χ4v) is 2.88. The summed E-state index contributed by atoms with van der Waals surface area (Å²) >= 11 is 0. The van der Waals surface area contributed by atoms with Gasteiger partial charge in [0.2, 0.25) is 5.91 Å². The quantitative estimate of drug-likeness (QED) is 0.833. The molecule has 1 amide bonds. The lowest BCUT2D eigenvalue weighted by Crippen LogP contribution is -2.37. The standard InChI is InChI=1S/C18H27NO2/c1-3-5-8-15(4-2)18(20)19-12-14-11-16-9-6-7-10-17(16)21-13-14/h6-7,9-10,14-15H,3-5,8,11-13H2,1-2H3,(H,19,20). The number of unbranched alkanes of at least 4 members (excludes halogenated alkanes) is 1. The Morgan fingerprint density at radius 2 is 2.19 bits per heavy atom. The number of amides is 1. The summed E-state index contributed by atoms with van der Waals surface area (Å²) in [6, 6.07) is 8.17. The SMILES string of the molecule is CCCCC(CC)C(=O)NCC1COc2ccccc2C1. The summed E-state index contributed by atoms with van der Waals surface area (Å²) in [6.07, 6.45) is 5.20. The Balaban J connectivity index is 1.80. The van der Waals surface area contributed by atoms with Crippen molar-refractivity contribution in [1.82, 2.24) is 5.32 Å². The fourth-order valence-electron chi connectivity index (χ4n) is 2.88. The van der Waals surface area contributed by atoms with Gasteiger partial charge in [0.1, 0.15) is 5.75 Å². The molecule has 2 atom stereocenters. The molecule has 116 valence electrons. The van der Waals surface area contributed by atoms with Crippen LogP contribution in [0.15, 0.2) is 24.3 Å². The lowest BCUT2D eigenvalue weighted by atomic mass is 9.95. The molecule has 1 aromatic rings. The molecule has 3 heteroatoms. The van der Waals surface area contributed by atoms with Crippen molar-refractivity contribution in [3.05, 3.63) is 29.8 Å². The zero-order valence-electron chi connectivity index (χ0n) is 13.2. The lowest BCUT2D eigenvalue weighted by molar-refractivity contribution is -0.125. The van der Waals surface area contributed by atoms with Crippen molar-refractivity contribution in [3.63, 3.8) is 0 Å². The Bertz CT molecular complexity index is 458. The fraction of sp³-hybridized carbons (Fsp3) is 0.611. The average molecular weight is 289 g/mol. The van der Waals surface area contributed by atoms with Crippen LogP contribution in [0.1, 0.15) is 45.1 Å². The Kier molecular flexibility index (Phi) is 6.09. The zero-order valence-corrected chi connectivity index (χ0v) is 13.2. The number of hydrogen-bond acceptors (Lipinski definition) is 2. The Hall–Kier alpha value is -1.51. The molecule has 1 aliphatic heterocycles. The predicted molar refractivity (Wildman–Crippen MR) is 85.4 cm³/mol. The highest BCUT2D eigenvalue weighted by Crippen LogP contribution is 2.26. The van der Waals surface area contributed by atoms with E-state index in [1.807, 2.05) is 18.2 Å². The third kappa shape index (κ3) is 4.48. The predicted octanol–water partition coefficient (Wildman–Crippen LogP) is 3.57. The number of carbonyl (C=O) groups excluding carboxylic acids is 1. The van der Waals surface area contributed by atoms with Crippen molar-refractivity contribution in [2.75, 3.05) is 13.2 Å². The molecule has 1 heterocycles. The summed E-state index contributed by atoms with van der Waals surface area (Å²) < 4.78 is 5.77. The maximum Gasteiger partial charge on any atom is 0.223 e. The summed E-state index contributed by atoms with van der Waals surface area (Å²) in [7, 11) is 0. The van der Waals surface area contributed by atoms with E-state index in [-0.39, 0.29) is 11.8 Å². The van der Waals surface area contributed by atoms with E-state index >= 15 is 0 Å². The average Bonchev–Trinajstić information content (AvgIpc) is 2.53. The number of para-hydroxylation sites is 1. The van der Waals surface area contributed by atoms with Gasteiger partial charge in [-0.3, -0.25) is 4.79 Å². The van der Waals surface area contributed by atoms with E-state index in [1.165, 1.54) is 5.56 Å². The molecule has 0 radical (unpaired) electrons. The maximum absolute atomic E-state index is 12.2. The summed E-state index contributed by atoms with van der Waals surface area (Å²) in [5, 5.41) is 3.12. The summed E-state index contributed by atoms with van der Waals surface area (Å²) in [5.41, 5.74) is 1.25. The van der Waals surface area contributed by atoms with Crippen molar-refractivity contribution in [3.8, 4) is 5.75 Å². The number of nitrogens with one attached hydrogen (secondary N) is 1. The Morgan fingerprint density at radius 3 is 2.95 bits per heavy atom. The smallest absolute Gasteiger partial charge is 0.223 e. The van der Waals surface area contributed by atoms with Gasteiger partial charge in [-0.2, -0.15) is 0 Å². The van der Waals surface area contributed by atoms with Gasteiger partial charge in [-0.05, 0) is 30.9 Å². The Morgan fingerprint density at radius 1 is 1.38 bits per heavy atom. The molecule has 0 aliphatic carbocycles. The molecular weight excluding hydrogens is 262 g/mol. The second-order valence-corrected chi connectivity index (χ2v) is 5.98.